The second-order valence-corrected chi connectivity index (χ2v) is 9.91. The van der Waals surface area contributed by atoms with E-state index in [1.165, 1.54) is 0 Å². The average molecular weight is 538 g/mol. The molecule has 0 saturated carbocycles. The lowest BCUT2D eigenvalue weighted by atomic mass is 10.1. The van der Waals surface area contributed by atoms with Gasteiger partial charge in [0.1, 0.15) is 0 Å². The number of rotatable bonds is 8. The van der Waals surface area contributed by atoms with Crippen LogP contribution in [0.1, 0.15) is 23.7 Å². The van der Waals surface area contributed by atoms with Gasteiger partial charge in [0.25, 0.3) is 5.91 Å². The molecule has 1 aliphatic rings. The average Bonchev–Trinajstić information content (AvgIpc) is 3.34. The first-order valence-corrected chi connectivity index (χ1v) is 13.2. The van der Waals surface area contributed by atoms with Gasteiger partial charge in [-0.3, -0.25) is 9.69 Å². The van der Waals surface area contributed by atoms with Crippen molar-refractivity contribution in [2.24, 2.45) is 0 Å². The standard InChI is InChI=1S/C28H29Cl2N5O2/c1-2-21(18-34-11-13-37-14-12-34)33-28(36)19-5-3-6-23(16-19)35-26-10-9-22(15-20(26)17-31-35)32-27-24(29)7-4-8-25(27)30/h3-10,15-17,21,32H,2,11-14,18H2,1H3,(H,33,36). The normalized spacial score (nSPS) is 15.0. The Morgan fingerprint density at radius 3 is 2.57 bits per heavy atom. The molecule has 0 aliphatic carbocycles. The van der Waals surface area contributed by atoms with Gasteiger partial charge in [0, 0.05) is 42.3 Å². The zero-order chi connectivity index (χ0) is 25.8. The lowest BCUT2D eigenvalue weighted by Crippen LogP contribution is -2.47. The minimum atomic E-state index is -0.0819. The van der Waals surface area contributed by atoms with Crippen molar-refractivity contribution in [1.82, 2.24) is 20.0 Å². The maximum Gasteiger partial charge on any atom is 0.251 e. The van der Waals surface area contributed by atoms with Crippen LogP contribution in [-0.2, 0) is 4.74 Å². The quantitative estimate of drug-likeness (QED) is 0.292. The smallest absolute Gasteiger partial charge is 0.251 e. The summed E-state index contributed by atoms with van der Waals surface area (Å²) in [7, 11) is 0. The number of ether oxygens (including phenoxy) is 1. The van der Waals surface area contributed by atoms with Crippen LogP contribution in [0, 0.1) is 0 Å². The summed E-state index contributed by atoms with van der Waals surface area (Å²) in [5, 5.41) is 13.1. The Kier molecular flexibility index (Phi) is 7.96. The summed E-state index contributed by atoms with van der Waals surface area (Å²) < 4.78 is 7.27. The number of hydrogen-bond acceptors (Lipinski definition) is 5. The number of carbonyl (C=O) groups is 1. The number of nitrogens with zero attached hydrogens (tertiary/aromatic N) is 3. The molecule has 1 aromatic heterocycles. The summed E-state index contributed by atoms with van der Waals surface area (Å²) in [6, 6.07) is 18.9. The molecular formula is C28H29Cl2N5O2. The van der Waals surface area contributed by atoms with E-state index in [2.05, 4.69) is 27.6 Å². The van der Waals surface area contributed by atoms with E-state index in [0.717, 1.165) is 61.5 Å². The molecule has 0 bridgehead atoms. The molecular weight excluding hydrogens is 509 g/mol. The molecule has 3 aromatic carbocycles. The molecule has 9 heteroatoms. The summed E-state index contributed by atoms with van der Waals surface area (Å²) in [5.41, 5.74) is 3.86. The first-order chi connectivity index (χ1) is 18.0. The van der Waals surface area contributed by atoms with Crippen LogP contribution in [-0.4, -0.2) is 59.5 Å². The predicted octanol–water partition coefficient (Wildman–Crippen LogP) is 5.92. The number of nitrogens with one attached hydrogen (secondary N) is 2. The second-order valence-electron chi connectivity index (χ2n) is 9.09. The van der Waals surface area contributed by atoms with Crippen LogP contribution in [0.25, 0.3) is 16.6 Å². The van der Waals surface area contributed by atoms with Crippen molar-refractivity contribution in [3.63, 3.8) is 0 Å². The number of fused-ring (bicyclic) bond motifs is 1. The van der Waals surface area contributed by atoms with E-state index < -0.39 is 0 Å². The van der Waals surface area contributed by atoms with Crippen molar-refractivity contribution in [3.8, 4) is 5.69 Å². The molecule has 192 valence electrons. The number of para-hydroxylation sites is 1. The van der Waals surface area contributed by atoms with Crippen LogP contribution in [0.5, 0.6) is 0 Å². The molecule has 37 heavy (non-hydrogen) atoms. The van der Waals surface area contributed by atoms with Crippen molar-refractivity contribution in [3.05, 3.63) is 82.5 Å². The van der Waals surface area contributed by atoms with Gasteiger partial charge in [-0.1, -0.05) is 42.3 Å². The molecule has 1 atom stereocenters. The summed E-state index contributed by atoms with van der Waals surface area (Å²) in [5.74, 6) is -0.0819. The summed E-state index contributed by atoms with van der Waals surface area (Å²) in [6.45, 7) is 6.21. The molecule has 1 saturated heterocycles. The van der Waals surface area contributed by atoms with Crippen molar-refractivity contribution in [2.75, 3.05) is 38.2 Å². The SMILES string of the molecule is CCC(CN1CCOCC1)NC(=O)c1cccc(-n2ncc3cc(Nc4c(Cl)cccc4Cl)ccc32)c1. The molecule has 7 nitrogen and oxygen atoms in total. The van der Waals surface area contributed by atoms with E-state index in [4.69, 9.17) is 27.9 Å². The number of benzene rings is 3. The van der Waals surface area contributed by atoms with E-state index in [1.807, 2.05) is 53.2 Å². The monoisotopic (exact) mass is 537 g/mol. The molecule has 0 radical (unpaired) electrons. The van der Waals surface area contributed by atoms with Crippen LogP contribution in [0.15, 0.2) is 66.9 Å². The Bertz CT molecular complexity index is 1380. The number of carbonyl (C=O) groups excluding carboxylic acids is 1. The van der Waals surface area contributed by atoms with Gasteiger partial charge < -0.3 is 15.4 Å². The molecule has 1 unspecified atom stereocenters. The number of morpholine rings is 1. The fourth-order valence-corrected chi connectivity index (χ4v) is 4.99. The van der Waals surface area contributed by atoms with Gasteiger partial charge in [-0.15, -0.1) is 0 Å². The lowest BCUT2D eigenvalue weighted by molar-refractivity contribution is 0.0331. The van der Waals surface area contributed by atoms with Crippen LogP contribution in [0.2, 0.25) is 10.0 Å². The van der Waals surface area contributed by atoms with Gasteiger partial charge >= 0.3 is 0 Å². The topological polar surface area (TPSA) is 71.4 Å². The Hall–Kier alpha value is -3.10. The van der Waals surface area contributed by atoms with Crippen LogP contribution < -0.4 is 10.6 Å². The second kappa shape index (κ2) is 11.5. The highest BCUT2D eigenvalue weighted by atomic mass is 35.5. The maximum absolute atomic E-state index is 13.1. The molecule has 2 N–H and O–H groups in total. The van der Waals surface area contributed by atoms with Crippen molar-refractivity contribution in [2.45, 2.75) is 19.4 Å². The molecule has 1 amide bonds. The molecule has 2 heterocycles. The highest BCUT2D eigenvalue weighted by molar-refractivity contribution is 6.39. The first-order valence-electron chi connectivity index (χ1n) is 12.4. The van der Waals surface area contributed by atoms with Gasteiger partial charge in [-0.05, 0) is 55.0 Å². The van der Waals surface area contributed by atoms with Gasteiger partial charge in [0.05, 0.1) is 46.3 Å². The highest BCUT2D eigenvalue weighted by Gasteiger charge is 2.18. The summed E-state index contributed by atoms with van der Waals surface area (Å²) >= 11 is 12.6. The summed E-state index contributed by atoms with van der Waals surface area (Å²) in [6.07, 6.45) is 2.67. The van der Waals surface area contributed by atoms with Crippen molar-refractivity contribution in [1.29, 1.82) is 0 Å². The number of amides is 1. The van der Waals surface area contributed by atoms with E-state index in [-0.39, 0.29) is 11.9 Å². The van der Waals surface area contributed by atoms with E-state index >= 15 is 0 Å². The molecule has 1 aliphatic heterocycles. The third kappa shape index (κ3) is 5.91. The number of aromatic nitrogens is 2. The Morgan fingerprint density at radius 1 is 1.05 bits per heavy atom. The van der Waals surface area contributed by atoms with Crippen LogP contribution in [0.4, 0.5) is 11.4 Å². The third-order valence-corrected chi connectivity index (χ3v) is 7.19. The van der Waals surface area contributed by atoms with Crippen LogP contribution >= 0.6 is 23.2 Å². The zero-order valence-electron chi connectivity index (χ0n) is 20.6. The molecule has 5 rings (SSSR count). The van der Waals surface area contributed by atoms with Crippen LogP contribution in [0.3, 0.4) is 0 Å². The summed E-state index contributed by atoms with van der Waals surface area (Å²) in [4.78, 5) is 15.4. The predicted molar refractivity (Wildman–Crippen MR) is 150 cm³/mol. The highest BCUT2D eigenvalue weighted by Crippen LogP contribution is 2.33. The number of anilines is 2. The molecule has 4 aromatic rings. The number of halogens is 2. The fraction of sp³-hybridized carbons (Fsp3) is 0.286. The molecule has 1 fully saturated rings. The van der Waals surface area contributed by atoms with Gasteiger partial charge in [0.2, 0.25) is 0 Å². The first kappa shape index (κ1) is 25.5. The van der Waals surface area contributed by atoms with E-state index in [0.29, 0.717) is 21.3 Å². The van der Waals surface area contributed by atoms with E-state index in [9.17, 15) is 4.79 Å². The Labute approximate surface area is 226 Å². The minimum Gasteiger partial charge on any atom is -0.379 e. The molecule has 0 spiro atoms. The Morgan fingerprint density at radius 2 is 1.81 bits per heavy atom. The number of hydrogen-bond donors (Lipinski definition) is 2. The van der Waals surface area contributed by atoms with Crippen molar-refractivity contribution >= 4 is 51.4 Å². The van der Waals surface area contributed by atoms with Gasteiger partial charge in [0.15, 0.2) is 0 Å². The minimum absolute atomic E-state index is 0.0809. The van der Waals surface area contributed by atoms with Gasteiger partial charge in [-0.25, -0.2) is 4.68 Å². The lowest BCUT2D eigenvalue weighted by Gasteiger charge is -2.30. The largest absolute Gasteiger partial charge is 0.379 e. The van der Waals surface area contributed by atoms with Crippen molar-refractivity contribution < 1.29 is 9.53 Å². The Balaban J connectivity index is 1.33. The third-order valence-electron chi connectivity index (χ3n) is 6.56. The fourth-order valence-electron chi connectivity index (χ4n) is 4.50. The zero-order valence-corrected chi connectivity index (χ0v) is 22.1. The van der Waals surface area contributed by atoms with E-state index in [1.54, 1.807) is 18.3 Å². The van der Waals surface area contributed by atoms with Gasteiger partial charge in [-0.2, -0.15) is 5.10 Å². The maximum atomic E-state index is 13.1.